The number of furan rings is 3. The van der Waals surface area contributed by atoms with Crippen LogP contribution in [0.15, 0.2) is 201 Å². The summed E-state index contributed by atoms with van der Waals surface area (Å²) in [5, 5.41) is 8.88. The van der Waals surface area contributed by atoms with Crippen LogP contribution in [0.1, 0.15) is 0 Å². The van der Waals surface area contributed by atoms with Crippen LogP contribution < -0.4 is 4.90 Å². The lowest BCUT2D eigenvalue weighted by Crippen LogP contribution is -2.11. The van der Waals surface area contributed by atoms with Crippen molar-refractivity contribution in [3.8, 4) is 22.3 Å². The molecule has 56 heavy (non-hydrogen) atoms. The van der Waals surface area contributed by atoms with E-state index in [1.54, 1.807) is 0 Å². The molecule has 12 rings (SSSR count). The molecule has 0 unspecified atom stereocenters. The highest BCUT2D eigenvalue weighted by Gasteiger charge is 2.23. The van der Waals surface area contributed by atoms with Gasteiger partial charge in [-0.05, 0) is 77.2 Å². The molecule has 3 aromatic heterocycles. The topological polar surface area (TPSA) is 42.7 Å². The molecular weight excluding hydrogens is 687 g/mol. The Morgan fingerprint density at radius 2 is 0.929 bits per heavy atom. The second kappa shape index (κ2) is 12.0. The quantitative estimate of drug-likeness (QED) is 0.178. The normalized spacial score (nSPS) is 11.9. The van der Waals surface area contributed by atoms with Crippen LogP contribution >= 0.6 is 0 Å². The van der Waals surface area contributed by atoms with Gasteiger partial charge in [-0.2, -0.15) is 0 Å². The maximum absolute atomic E-state index is 6.52. The van der Waals surface area contributed by atoms with Crippen molar-refractivity contribution in [3.63, 3.8) is 0 Å². The van der Waals surface area contributed by atoms with Crippen molar-refractivity contribution in [2.45, 2.75) is 0 Å². The van der Waals surface area contributed by atoms with Crippen molar-refractivity contribution >= 4 is 93.7 Å². The number of hydrogen-bond donors (Lipinski definition) is 0. The molecule has 0 fully saturated rings. The van der Waals surface area contributed by atoms with Crippen molar-refractivity contribution in [2.75, 3.05) is 4.90 Å². The highest BCUT2D eigenvalue weighted by molar-refractivity contribution is 6.17. The highest BCUT2D eigenvalue weighted by atomic mass is 16.3. The lowest BCUT2D eigenvalue weighted by atomic mass is 9.98. The fourth-order valence-corrected chi connectivity index (χ4v) is 8.70. The van der Waals surface area contributed by atoms with Gasteiger partial charge < -0.3 is 18.2 Å². The first-order chi connectivity index (χ1) is 27.8. The third kappa shape index (κ3) is 4.60. The molecule has 0 aliphatic heterocycles. The van der Waals surface area contributed by atoms with E-state index in [1.807, 2.05) is 24.3 Å². The van der Waals surface area contributed by atoms with Gasteiger partial charge in [0.25, 0.3) is 0 Å². The second-order valence-electron chi connectivity index (χ2n) is 14.4. The molecule has 0 atom stereocenters. The average molecular weight is 718 g/mol. The predicted molar refractivity (Wildman–Crippen MR) is 231 cm³/mol. The van der Waals surface area contributed by atoms with Gasteiger partial charge >= 0.3 is 0 Å². The third-order valence-electron chi connectivity index (χ3n) is 11.3. The van der Waals surface area contributed by atoms with Crippen molar-refractivity contribution in [2.24, 2.45) is 0 Å². The van der Waals surface area contributed by atoms with Gasteiger partial charge in [0.15, 0.2) is 0 Å². The lowest BCUT2D eigenvalue weighted by molar-refractivity contribution is 0.669. The van der Waals surface area contributed by atoms with Crippen molar-refractivity contribution in [1.82, 2.24) is 0 Å². The number of benzene rings is 9. The molecule has 0 radical (unpaired) electrons. The fraction of sp³-hybridized carbons (Fsp3) is 0. The van der Waals surface area contributed by atoms with Gasteiger partial charge in [0.1, 0.15) is 33.5 Å². The first-order valence-electron chi connectivity index (χ1n) is 18.9. The van der Waals surface area contributed by atoms with E-state index in [1.165, 1.54) is 5.39 Å². The summed E-state index contributed by atoms with van der Waals surface area (Å²) in [6, 6.07) is 66.1. The first kappa shape index (κ1) is 30.9. The van der Waals surface area contributed by atoms with Gasteiger partial charge in [-0.1, -0.05) is 127 Å². The van der Waals surface area contributed by atoms with Gasteiger partial charge in [0.05, 0.1) is 16.8 Å². The van der Waals surface area contributed by atoms with Gasteiger partial charge in [0.2, 0.25) is 0 Å². The molecule has 0 bridgehead atoms. The van der Waals surface area contributed by atoms with Gasteiger partial charge in [-0.3, -0.25) is 0 Å². The smallest absolute Gasteiger partial charge is 0.143 e. The summed E-state index contributed by atoms with van der Waals surface area (Å²) in [4.78, 5) is 2.37. The Morgan fingerprint density at radius 3 is 1.82 bits per heavy atom. The zero-order chi connectivity index (χ0) is 36.7. The number of nitrogens with zero attached hydrogens (tertiary/aromatic N) is 1. The maximum atomic E-state index is 6.52. The minimum absolute atomic E-state index is 0.845. The molecule has 12 aromatic rings. The van der Waals surface area contributed by atoms with Crippen LogP contribution in [0.3, 0.4) is 0 Å². The van der Waals surface area contributed by atoms with E-state index in [9.17, 15) is 0 Å². The Labute approximate surface area is 321 Å². The van der Waals surface area contributed by atoms with Crippen molar-refractivity contribution in [3.05, 3.63) is 188 Å². The summed E-state index contributed by atoms with van der Waals surface area (Å²) >= 11 is 0. The molecule has 262 valence electrons. The van der Waals surface area contributed by atoms with Crippen LogP contribution in [0.4, 0.5) is 17.1 Å². The molecular formula is C52H31NO3. The lowest BCUT2D eigenvalue weighted by Gasteiger charge is -2.28. The van der Waals surface area contributed by atoms with Crippen LogP contribution in [0, 0.1) is 0 Å². The Balaban J connectivity index is 1.06. The van der Waals surface area contributed by atoms with Crippen LogP contribution in [-0.4, -0.2) is 0 Å². The third-order valence-corrected chi connectivity index (χ3v) is 11.3. The van der Waals surface area contributed by atoms with Crippen LogP contribution in [0.5, 0.6) is 0 Å². The fourth-order valence-electron chi connectivity index (χ4n) is 8.70. The minimum atomic E-state index is 0.845. The van der Waals surface area contributed by atoms with Crippen LogP contribution in [-0.2, 0) is 0 Å². The second-order valence-corrected chi connectivity index (χ2v) is 14.4. The molecule has 9 aromatic carbocycles. The first-order valence-corrected chi connectivity index (χ1v) is 18.9. The number of hydrogen-bond acceptors (Lipinski definition) is 4. The zero-order valence-electron chi connectivity index (χ0n) is 30.1. The SMILES string of the molecule is c1ccc(N(c2ccc(-c3cccc4c3oc3ccccc34)cc2)c2cccc3oc4ccccc4c23)c(-c2ccc3oc4c5ccccc5ccc4c3c2)c1. The van der Waals surface area contributed by atoms with E-state index in [0.29, 0.717) is 0 Å². The molecule has 4 nitrogen and oxygen atoms in total. The largest absolute Gasteiger partial charge is 0.456 e. The number of para-hydroxylation sites is 4. The summed E-state index contributed by atoms with van der Waals surface area (Å²) < 4.78 is 19.4. The highest BCUT2D eigenvalue weighted by Crippen LogP contribution is 2.47. The van der Waals surface area contributed by atoms with Crippen LogP contribution in [0.25, 0.3) is 98.8 Å². The number of rotatable bonds is 5. The molecule has 0 amide bonds. The summed E-state index contributed by atoms with van der Waals surface area (Å²) in [7, 11) is 0. The molecule has 0 saturated heterocycles. The van der Waals surface area contributed by atoms with Crippen molar-refractivity contribution < 1.29 is 13.3 Å². The van der Waals surface area contributed by atoms with Crippen LogP contribution in [0.2, 0.25) is 0 Å². The average Bonchev–Trinajstić information content (AvgIpc) is 3.96. The standard InChI is InChI=1S/C52H31NO3/c1-2-13-37-32(11-1)25-29-41-43-31-34(26-30-48(43)56-52(37)41)36-12-3-6-18-44(36)53(45-19-10-22-49-50(45)42-15-5-8-21-47(42)54-49)35-27-23-33(24-28-35)38-16-9-17-40-39-14-4-7-20-46(39)55-51(38)40/h1-31H. The monoisotopic (exact) mass is 717 g/mol. The van der Waals surface area contributed by atoms with E-state index >= 15 is 0 Å². The molecule has 0 saturated carbocycles. The maximum Gasteiger partial charge on any atom is 0.143 e. The molecule has 4 heteroatoms. The van der Waals surface area contributed by atoms with Crippen molar-refractivity contribution in [1.29, 1.82) is 0 Å². The van der Waals surface area contributed by atoms with E-state index in [0.717, 1.165) is 111 Å². The number of fused-ring (bicyclic) bond motifs is 11. The van der Waals surface area contributed by atoms with E-state index in [-0.39, 0.29) is 0 Å². The van der Waals surface area contributed by atoms with Gasteiger partial charge in [-0.15, -0.1) is 0 Å². The Hall–Kier alpha value is -7.56. The Morgan fingerprint density at radius 1 is 0.321 bits per heavy atom. The van der Waals surface area contributed by atoms with E-state index in [4.69, 9.17) is 13.3 Å². The van der Waals surface area contributed by atoms with Gasteiger partial charge in [0, 0.05) is 49.1 Å². The Bertz CT molecular complexity index is 3490. The Kier molecular flexibility index (Phi) is 6.60. The molecule has 3 heterocycles. The molecule has 0 spiro atoms. The number of anilines is 3. The molecule has 0 aliphatic carbocycles. The zero-order valence-corrected chi connectivity index (χ0v) is 30.1. The summed E-state index contributed by atoms with van der Waals surface area (Å²) in [6.07, 6.45) is 0. The van der Waals surface area contributed by atoms with E-state index < -0.39 is 0 Å². The molecule has 0 N–H and O–H groups in total. The van der Waals surface area contributed by atoms with E-state index in [2.05, 4.69) is 169 Å². The summed E-state index contributed by atoms with van der Waals surface area (Å²) in [5.41, 5.74) is 12.8. The molecule has 0 aliphatic rings. The predicted octanol–water partition coefficient (Wildman–Crippen LogP) is 15.3. The minimum Gasteiger partial charge on any atom is -0.456 e. The summed E-state index contributed by atoms with van der Waals surface area (Å²) in [5.74, 6) is 0. The summed E-state index contributed by atoms with van der Waals surface area (Å²) in [6.45, 7) is 0. The van der Waals surface area contributed by atoms with Gasteiger partial charge in [-0.25, -0.2) is 0 Å².